The lowest BCUT2D eigenvalue weighted by Crippen LogP contribution is -2.41. The van der Waals surface area contributed by atoms with E-state index in [1.807, 2.05) is 11.6 Å². The van der Waals surface area contributed by atoms with E-state index in [0.717, 1.165) is 64.0 Å². The van der Waals surface area contributed by atoms with Crippen LogP contribution in [0.4, 0.5) is 0 Å². The predicted octanol–water partition coefficient (Wildman–Crippen LogP) is 1.30. The first-order valence-electron chi connectivity index (χ1n) is 9.27. The zero-order valence-electron chi connectivity index (χ0n) is 15.5. The number of aliphatic imine (C=N–C) groups is 1. The Bertz CT molecular complexity index is 467. The highest BCUT2D eigenvalue weighted by molar-refractivity contribution is 5.80. The van der Waals surface area contributed by atoms with E-state index in [-0.39, 0.29) is 0 Å². The Morgan fingerprint density at radius 1 is 1.25 bits per heavy atom. The van der Waals surface area contributed by atoms with E-state index in [9.17, 15) is 0 Å². The Kier molecular flexibility index (Phi) is 8.01. The summed E-state index contributed by atoms with van der Waals surface area (Å²) in [6.45, 7) is 12.2. The number of aryl methyl sites for hydroxylation is 1. The molecule has 2 rings (SSSR count). The van der Waals surface area contributed by atoms with Gasteiger partial charge in [0.05, 0.1) is 0 Å². The molecule has 1 unspecified atom stereocenters. The molecule has 0 bridgehead atoms. The zero-order valence-corrected chi connectivity index (χ0v) is 15.5. The minimum atomic E-state index is 0.761. The normalized spacial score (nSPS) is 18.6. The average Bonchev–Trinajstić information content (AvgIpc) is 3.28. The fourth-order valence-corrected chi connectivity index (χ4v) is 3.31. The van der Waals surface area contributed by atoms with Crippen LogP contribution in [0.3, 0.4) is 0 Å². The summed E-state index contributed by atoms with van der Waals surface area (Å²) >= 11 is 0. The van der Waals surface area contributed by atoms with Crippen LogP contribution in [0.1, 0.15) is 33.1 Å². The van der Waals surface area contributed by atoms with Gasteiger partial charge in [0.2, 0.25) is 0 Å². The van der Waals surface area contributed by atoms with E-state index < -0.39 is 0 Å². The molecule has 136 valence electrons. The molecular formula is C17H33N7. The Labute approximate surface area is 146 Å². The van der Waals surface area contributed by atoms with Crippen molar-refractivity contribution in [1.29, 1.82) is 0 Å². The molecule has 1 saturated heterocycles. The zero-order chi connectivity index (χ0) is 17.2. The molecular weight excluding hydrogens is 302 g/mol. The summed E-state index contributed by atoms with van der Waals surface area (Å²) in [6.07, 6.45) is 7.05. The van der Waals surface area contributed by atoms with Gasteiger partial charge in [-0.15, -0.1) is 10.2 Å². The van der Waals surface area contributed by atoms with Crippen LogP contribution in [0.25, 0.3) is 0 Å². The molecule has 1 atom stereocenters. The van der Waals surface area contributed by atoms with Crippen molar-refractivity contribution >= 4 is 5.96 Å². The number of rotatable bonds is 9. The summed E-state index contributed by atoms with van der Waals surface area (Å²) < 4.78 is 2.02. The van der Waals surface area contributed by atoms with Crippen LogP contribution in [0.15, 0.2) is 17.6 Å². The molecule has 1 aromatic heterocycles. The van der Waals surface area contributed by atoms with Gasteiger partial charge in [-0.3, -0.25) is 4.99 Å². The largest absolute Gasteiger partial charge is 0.356 e. The van der Waals surface area contributed by atoms with E-state index in [1.54, 1.807) is 12.7 Å². The number of nitrogens with one attached hydrogen (secondary N) is 1. The lowest BCUT2D eigenvalue weighted by Gasteiger charge is -2.24. The van der Waals surface area contributed by atoms with Crippen LogP contribution in [-0.4, -0.2) is 76.8 Å². The molecule has 0 spiro atoms. The molecule has 24 heavy (non-hydrogen) atoms. The van der Waals surface area contributed by atoms with Crippen molar-refractivity contribution in [1.82, 2.24) is 29.9 Å². The van der Waals surface area contributed by atoms with Crippen LogP contribution in [0, 0.1) is 5.92 Å². The lowest BCUT2D eigenvalue weighted by atomic mass is 10.1. The van der Waals surface area contributed by atoms with Crippen molar-refractivity contribution in [2.75, 3.05) is 46.3 Å². The minimum absolute atomic E-state index is 0.761. The Morgan fingerprint density at radius 3 is 2.67 bits per heavy atom. The Hall–Kier alpha value is -1.63. The summed E-state index contributed by atoms with van der Waals surface area (Å²) in [5, 5.41) is 11.2. The van der Waals surface area contributed by atoms with Crippen LogP contribution in [0.2, 0.25) is 0 Å². The highest BCUT2D eigenvalue weighted by atomic mass is 15.3. The summed E-state index contributed by atoms with van der Waals surface area (Å²) in [4.78, 5) is 9.40. The van der Waals surface area contributed by atoms with Gasteiger partial charge in [-0.1, -0.05) is 13.8 Å². The Balaban J connectivity index is 1.64. The second kappa shape index (κ2) is 10.3. The Morgan fingerprint density at radius 2 is 2.00 bits per heavy atom. The van der Waals surface area contributed by atoms with Gasteiger partial charge in [0.1, 0.15) is 12.7 Å². The van der Waals surface area contributed by atoms with Gasteiger partial charge in [-0.25, -0.2) is 0 Å². The van der Waals surface area contributed by atoms with Gasteiger partial charge in [0, 0.05) is 39.8 Å². The smallest absolute Gasteiger partial charge is 0.193 e. The second-order valence-corrected chi connectivity index (χ2v) is 6.47. The minimum Gasteiger partial charge on any atom is -0.356 e. The molecule has 0 aliphatic carbocycles. The summed E-state index contributed by atoms with van der Waals surface area (Å²) in [5.74, 6) is 1.82. The van der Waals surface area contributed by atoms with Crippen LogP contribution in [0.5, 0.6) is 0 Å². The molecule has 1 fully saturated rings. The molecule has 1 aliphatic heterocycles. The molecule has 1 N–H and O–H groups in total. The number of guanidine groups is 1. The monoisotopic (exact) mass is 335 g/mol. The number of unbranched alkanes of at least 4 members (excludes halogenated alkanes) is 1. The number of hydrogen-bond donors (Lipinski definition) is 1. The standard InChI is InChI=1S/C17H33N7/c1-4-22(5-2)12-16-8-11-24(13-16)17(18-3)19-9-6-7-10-23-14-20-21-15-23/h14-16H,4-13H2,1-3H3,(H,18,19). The van der Waals surface area contributed by atoms with Crippen molar-refractivity contribution in [2.45, 2.75) is 39.7 Å². The van der Waals surface area contributed by atoms with Crippen molar-refractivity contribution in [3.63, 3.8) is 0 Å². The van der Waals surface area contributed by atoms with Crippen molar-refractivity contribution in [3.8, 4) is 0 Å². The fourth-order valence-electron chi connectivity index (χ4n) is 3.31. The van der Waals surface area contributed by atoms with Gasteiger partial charge in [-0.05, 0) is 38.3 Å². The third kappa shape index (κ3) is 5.78. The van der Waals surface area contributed by atoms with E-state index in [0.29, 0.717) is 0 Å². The van der Waals surface area contributed by atoms with Crippen molar-refractivity contribution in [3.05, 3.63) is 12.7 Å². The SMILES string of the molecule is CCN(CC)CC1CCN(C(=NC)NCCCCn2cnnc2)C1. The highest BCUT2D eigenvalue weighted by Crippen LogP contribution is 2.17. The van der Waals surface area contributed by atoms with E-state index in [2.05, 4.69) is 44.2 Å². The third-order valence-electron chi connectivity index (χ3n) is 4.80. The second-order valence-electron chi connectivity index (χ2n) is 6.47. The van der Waals surface area contributed by atoms with Gasteiger partial charge in [0.25, 0.3) is 0 Å². The predicted molar refractivity (Wildman–Crippen MR) is 98.1 cm³/mol. The first-order valence-corrected chi connectivity index (χ1v) is 9.27. The fraction of sp³-hybridized carbons (Fsp3) is 0.824. The van der Waals surface area contributed by atoms with E-state index >= 15 is 0 Å². The highest BCUT2D eigenvalue weighted by Gasteiger charge is 2.25. The van der Waals surface area contributed by atoms with Crippen LogP contribution >= 0.6 is 0 Å². The number of hydrogen-bond acceptors (Lipinski definition) is 4. The lowest BCUT2D eigenvalue weighted by molar-refractivity contribution is 0.255. The van der Waals surface area contributed by atoms with Gasteiger partial charge in [-0.2, -0.15) is 0 Å². The van der Waals surface area contributed by atoms with Gasteiger partial charge < -0.3 is 19.7 Å². The van der Waals surface area contributed by atoms with Crippen LogP contribution < -0.4 is 5.32 Å². The molecule has 1 aliphatic rings. The molecule has 0 amide bonds. The molecule has 7 nitrogen and oxygen atoms in total. The molecule has 7 heteroatoms. The average molecular weight is 336 g/mol. The van der Waals surface area contributed by atoms with Gasteiger partial charge in [0.15, 0.2) is 5.96 Å². The quantitative estimate of drug-likeness (QED) is 0.419. The number of nitrogens with zero attached hydrogens (tertiary/aromatic N) is 6. The molecule has 0 saturated carbocycles. The number of likely N-dealkylation sites (tertiary alicyclic amines) is 1. The molecule has 1 aromatic rings. The number of aromatic nitrogens is 3. The first kappa shape index (κ1) is 18.7. The van der Waals surface area contributed by atoms with Crippen molar-refractivity contribution in [2.24, 2.45) is 10.9 Å². The third-order valence-corrected chi connectivity index (χ3v) is 4.80. The molecule has 0 radical (unpaired) electrons. The topological polar surface area (TPSA) is 61.6 Å². The summed E-state index contributed by atoms with van der Waals surface area (Å²) in [7, 11) is 1.89. The maximum absolute atomic E-state index is 4.46. The molecule has 2 heterocycles. The van der Waals surface area contributed by atoms with Crippen LogP contribution in [-0.2, 0) is 6.54 Å². The van der Waals surface area contributed by atoms with E-state index in [1.165, 1.54) is 13.0 Å². The first-order chi connectivity index (χ1) is 11.8. The molecule has 0 aromatic carbocycles. The van der Waals surface area contributed by atoms with E-state index in [4.69, 9.17) is 0 Å². The summed E-state index contributed by atoms with van der Waals surface area (Å²) in [5.41, 5.74) is 0. The maximum Gasteiger partial charge on any atom is 0.193 e. The van der Waals surface area contributed by atoms with Crippen molar-refractivity contribution < 1.29 is 0 Å². The summed E-state index contributed by atoms with van der Waals surface area (Å²) in [6, 6.07) is 0. The maximum atomic E-state index is 4.46. The van der Waals surface area contributed by atoms with Gasteiger partial charge >= 0.3 is 0 Å².